The van der Waals surface area contributed by atoms with Gasteiger partial charge in [0.1, 0.15) is 0 Å². The quantitative estimate of drug-likeness (QED) is 0.824. The number of methoxy groups -OCH3 is 1. The molecule has 0 aliphatic heterocycles. The molecule has 1 aromatic rings. The number of hydrogen-bond donors (Lipinski definition) is 0. The predicted octanol–water partition coefficient (Wildman–Crippen LogP) is 2.53. The molecule has 0 unspecified atom stereocenters. The Hall–Kier alpha value is -1.32. The number of nitrogens with zero attached hydrogens (tertiary/aromatic N) is 2. The van der Waals surface area contributed by atoms with Crippen LogP contribution in [0.2, 0.25) is 0 Å². The topological polar surface area (TPSA) is 44.1 Å². The van der Waals surface area contributed by atoms with Crippen molar-refractivity contribution < 1.29 is 4.74 Å². The molecule has 1 aliphatic carbocycles. The summed E-state index contributed by atoms with van der Waals surface area (Å²) < 4.78 is 6.85. The molecule has 4 nitrogen and oxygen atoms in total. The predicted molar refractivity (Wildman–Crippen MR) is 71.0 cm³/mol. The summed E-state index contributed by atoms with van der Waals surface area (Å²) in [5, 5.41) is 0. The van der Waals surface area contributed by atoms with Crippen LogP contribution in [0.25, 0.3) is 0 Å². The first-order valence-electron chi connectivity index (χ1n) is 6.83. The number of aromatic nitrogens is 2. The van der Waals surface area contributed by atoms with Gasteiger partial charge in [-0.05, 0) is 19.3 Å². The van der Waals surface area contributed by atoms with E-state index in [1.165, 1.54) is 32.1 Å². The van der Waals surface area contributed by atoms with Gasteiger partial charge in [0.15, 0.2) is 0 Å². The lowest BCUT2D eigenvalue weighted by atomic mass is 9.87. The Labute approximate surface area is 108 Å². The van der Waals surface area contributed by atoms with Crippen molar-refractivity contribution in [2.24, 2.45) is 5.92 Å². The Bertz CT molecular complexity index is 448. The summed E-state index contributed by atoms with van der Waals surface area (Å²) in [5.74, 6) is 0.761. The fraction of sp³-hybridized carbons (Fsp3) is 0.714. The lowest BCUT2D eigenvalue weighted by Gasteiger charge is -2.22. The summed E-state index contributed by atoms with van der Waals surface area (Å²) in [7, 11) is 1.57. The Morgan fingerprint density at radius 1 is 1.39 bits per heavy atom. The van der Waals surface area contributed by atoms with Crippen LogP contribution in [0.3, 0.4) is 0 Å². The average Bonchev–Trinajstić information content (AvgIpc) is 2.38. The van der Waals surface area contributed by atoms with Gasteiger partial charge in [0.05, 0.1) is 7.11 Å². The molecule has 0 spiro atoms. The second-order valence-electron chi connectivity index (χ2n) is 5.17. The summed E-state index contributed by atoms with van der Waals surface area (Å²) in [6, 6.07) is 2.01. The SMILES string of the molecule is COc1nc(C)cc(=O)n1CCC1CCCCC1. The lowest BCUT2D eigenvalue weighted by molar-refractivity contribution is 0.299. The fourth-order valence-electron chi connectivity index (χ4n) is 2.74. The van der Waals surface area contributed by atoms with E-state index < -0.39 is 0 Å². The third-order valence-electron chi connectivity index (χ3n) is 3.77. The second kappa shape index (κ2) is 6.03. The average molecular weight is 250 g/mol. The maximum Gasteiger partial charge on any atom is 0.299 e. The van der Waals surface area contributed by atoms with Crippen LogP contribution in [0.1, 0.15) is 44.2 Å². The standard InChI is InChI=1S/C14H22N2O2/c1-11-10-13(17)16(14(15-11)18-2)9-8-12-6-4-3-5-7-12/h10,12H,3-9H2,1-2H3. The van der Waals surface area contributed by atoms with Crippen LogP contribution in [0.15, 0.2) is 10.9 Å². The number of ether oxygens (including phenoxy) is 1. The summed E-state index contributed by atoms with van der Waals surface area (Å²) in [6.07, 6.45) is 7.70. The first-order valence-corrected chi connectivity index (χ1v) is 6.83. The molecule has 100 valence electrons. The Morgan fingerprint density at radius 3 is 2.78 bits per heavy atom. The minimum absolute atomic E-state index is 0.00448. The van der Waals surface area contributed by atoms with E-state index in [1.54, 1.807) is 17.7 Å². The van der Waals surface area contributed by atoms with E-state index in [2.05, 4.69) is 4.98 Å². The molecule has 1 saturated carbocycles. The number of aryl methyl sites for hydroxylation is 1. The molecule has 0 bridgehead atoms. The Morgan fingerprint density at radius 2 is 2.11 bits per heavy atom. The smallest absolute Gasteiger partial charge is 0.299 e. The number of rotatable bonds is 4. The molecule has 0 saturated heterocycles. The first-order chi connectivity index (χ1) is 8.70. The highest BCUT2D eigenvalue weighted by Gasteiger charge is 2.15. The van der Waals surface area contributed by atoms with Gasteiger partial charge < -0.3 is 4.74 Å². The maximum atomic E-state index is 11.9. The van der Waals surface area contributed by atoms with Crippen molar-refractivity contribution in [1.29, 1.82) is 0 Å². The van der Waals surface area contributed by atoms with Gasteiger partial charge in [0, 0.05) is 18.3 Å². The highest BCUT2D eigenvalue weighted by Crippen LogP contribution is 2.26. The zero-order valence-corrected chi connectivity index (χ0v) is 11.3. The second-order valence-corrected chi connectivity index (χ2v) is 5.17. The van der Waals surface area contributed by atoms with Crippen molar-refractivity contribution in [2.45, 2.75) is 52.0 Å². The van der Waals surface area contributed by atoms with E-state index in [0.717, 1.165) is 18.9 Å². The molecule has 1 aromatic heterocycles. The van der Waals surface area contributed by atoms with E-state index in [4.69, 9.17) is 4.74 Å². The molecule has 0 amide bonds. The molecule has 1 fully saturated rings. The Kier molecular flexibility index (Phi) is 4.39. The van der Waals surface area contributed by atoms with Crippen molar-refractivity contribution in [3.8, 4) is 6.01 Å². The third kappa shape index (κ3) is 3.12. The van der Waals surface area contributed by atoms with Gasteiger partial charge in [-0.25, -0.2) is 4.98 Å². The molecule has 0 radical (unpaired) electrons. The van der Waals surface area contributed by atoms with Gasteiger partial charge in [0.2, 0.25) is 0 Å². The van der Waals surface area contributed by atoms with E-state index in [0.29, 0.717) is 11.7 Å². The summed E-state index contributed by atoms with van der Waals surface area (Å²) in [4.78, 5) is 16.2. The first kappa shape index (κ1) is 13.1. The molecular formula is C14H22N2O2. The van der Waals surface area contributed by atoms with Crippen LogP contribution in [0.5, 0.6) is 6.01 Å². The number of hydrogen-bond acceptors (Lipinski definition) is 3. The molecule has 1 aliphatic rings. The summed E-state index contributed by atoms with van der Waals surface area (Å²) in [5.41, 5.74) is 0.709. The summed E-state index contributed by atoms with van der Waals surface area (Å²) in [6.45, 7) is 2.54. The summed E-state index contributed by atoms with van der Waals surface area (Å²) >= 11 is 0. The molecule has 4 heteroatoms. The van der Waals surface area contributed by atoms with Crippen LogP contribution in [-0.4, -0.2) is 16.7 Å². The molecular weight excluding hydrogens is 228 g/mol. The van der Waals surface area contributed by atoms with Crippen LogP contribution in [0.4, 0.5) is 0 Å². The third-order valence-corrected chi connectivity index (χ3v) is 3.77. The van der Waals surface area contributed by atoms with Gasteiger partial charge in [-0.1, -0.05) is 32.1 Å². The van der Waals surface area contributed by atoms with Crippen LogP contribution in [-0.2, 0) is 6.54 Å². The zero-order chi connectivity index (χ0) is 13.0. The molecule has 0 N–H and O–H groups in total. The van der Waals surface area contributed by atoms with Gasteiger partial charge in [-0.3, -0.25) is 9.36 Å². The van der Waals surface area contributed by atoms with Gasteiger partial charge in [0.25, 0.3) is 11.6 Å². The monoisotopic (exact) mass is 250 g/mol. The van der Waals surface area contributed by atoms with Crippen LogP contribution < -0.4 is 10.3 Å². The molecule has 1 heterocycles. The van der Waals surface area contributed by atoms with E-state index in [1.807, 2.05) is 6.92 Å². The van der Waals surface area contributed by atoms with Gasteiger partial charge in [-0.15, -0.1) is 0 Å². The minimum atomic E-state index is -0.00448. The van der Waals surface area contributed by atoms with E-state index >= 15 is 0 Å². The Balaban J connectivity index is 2.06. The largest absolute Gasteiger partial charge is 0.468 e. The van der Waals surface area contributed by atoms with Crippen molar-refractivity contribution in [1.82, 2.24) is 9.55 Å². The molecule has 0 atom stereocenters. The molecule has 2 rings (SSSR count). The van der Waals surface area contributed by atoms with Crippen molar-refractivity contribution >= 4 is 0 Å². The molecule has 0 aromatic carbocycles. The normalized spacial score (nSPS) is 16.8. The van der Waals surface area contributed by atoms with Crippen LogP contribution >= 0.6 is 0 Å². The lowest BCUT2D eigenvalue weighted by Crippen LogP contribution is -2.24. The van der Waals surface area contributed by atoms with Crippen molar-refractivity contribution in [2.75, 3.05) is 7.11 Å². The van der Waals surface area contributed by atoms with Gasteiger partial charge >= 0.3 is 0 Å². The van der Waals surface area contributed by atoms with Crippen molar-refractivity contribution in [3.63, 3.8) is 0 Å². The van der Waals surface area contributed by atoms with Crippen LogP contribution in [0, 0.1) is 12.8 Å². The van der Waals surface area contributed by atoms with Crippen molar-refractivity contribution in [3.05, 3.63) is 22.1 Å². The maximum absolute atomic E-state index is 11.9. The highest BCUT2D eigenvalue weighted by atomic mass is 16.5. The molecule has 18 heavy (non-hydrogen) atoms. The zero-order valence-electron chi connectivity index (χ0n) is 11.3. The van der Waals surface area contributed by atoms with Gasteiger partial charge in [-0.2, -0.15) is 0 Å². The highest BCUT2D eigenvalue weighted by molar-refractivity contribution is 5.06. The van der Waals surface area contributed by atoms with E-state index in [9.17, 15) is 4.79 Å². The van der Waals surface area contributed by atoms with E-state index in [-0.39, 0.29) is 5.56 Å². The fourth-order valence-corrected chi connectivity index (χ4v) is 2.74. The minimum Gasteiger partial charge on any atom is -0.468 e.